The van der Waals surface area contributed by atoms with Crippen LogP contribution < -0.4 is 19.5 Å². The molecule has 2 rings (SSSR count). The summed E-state index contributed by atoms with van der Waals surface area (Å²) in [6.45, 7) is 2.04. The van der Waals surface area contributed by atoms with Gasteiger partial charge in [-0.05, 0) is 43.3 Å². The third-order valence-electron chi connectivity index (χ3n) is 3.65. The molecular formula is C19H24N2O6S. The van der Waals surface area contributed by atoms with Crippen molar-refractivity contribution in [2.75, 3.05) is 32.2 Å². The average Bonchev–Trinajstić information content (AvgIpc) is 2.66. The molecule has 1 atom stereocenters. The average molecular weight is 408 g/mol. The van der Waals surface area contributed by atoms with Crippen LogP contribution >= 0.6 is 0 Å². The number of nitrogens with one attached hydrogen (secondary N) is 2. The number of ether oxygens (including phenoxy) is 3. The second kappa shape index (κ2) is 9.95. The lowest BCUT2D eigenvalue weighted by molar-refractivity contribution is -0.124. The van der Waals surface area contributed by atoms with E-state index < -0.39 is 10.0 Å². The second-order valence-corrected chi connectivity index (χ2v) is 7.70. The zero-order chi connectivity index (χ0) is 20.6. The fourth-order valence-electron chi connectivity index (χ4n) is 2.37. The van der Waals surface area contributed by atoms with Crippen LogP contribution in [0.3, 0.4) is 0 Å². The molecule has 1 amide bonds. The number of carbonyl (C=O) groups is 1. The number of methoxy groups -OCH3 is 2. The lowest BCUT2D eigenvalue weighted by Gasteiger charge is -2.13. The predicted octanol–water partition coefficient (Wildman–Crippen LogP) is 2.03. The number of amides is 1. The topological polar surface area (TPSA) is 103 Å². The molecule has 9 heteroatoms. The highest BCUT2D eigenvalue weighted by atomic mass is 32.2. The number of hydrogen-bond donors (Lipinski definition) is 2. The van der Waals surface area contributed by atoms with E-state index in [1.165, 1.54) is 31.4 Å². The lowest BCUT2D eigenvalue weighted by Crippen LogP contribution is -2.38. The molecule has 0 aliphatic rings. The fraction of sp³-hybridized carbons (Fsp3) is 0.316. The van der Waals surface area contributed by atoms with Gasteiger partial charge in [0.1, 0.15) is 11.5 Å². The van der Waals surface area contributed by atoms with Gasteiger partial charge in [-0.15, -0.1) is 0 Å². The van der Waals surface area contributed by atoms with Crippen molar-refractivity contribution in [3.63, 3.8) is 0 Å². The molecule has 0 heterocycles. The van der Waals surface area contributed by atoms with E-state index in [1.807, 2.05) is 6.92 Å². The van der Waals surface area contributed by atoms with Crippen LogP contribution in [0.15, 0.2) is 53.4 Å². The first-order chi connectivity index (χ1) is 13.3. The minimum absolute atomic E-state index is 0.0702. The van der Waals surface area contributed by atoms with Crippen LogP contribution in [-0.4, -0.2) is 47.8 Å². The molecule has 28 heavy (non-hydrogen) atoms. The second-order valence-electron chi connectivity index (χ2n) is 6.02. The van der Waals surface area contributed by atoms with Crippen LogP contribution in [0.1, 0.15) is 6.92 Å². The molecule has 0 fully saturated rings. The zero-order valence-corrected chi connectivity index (χ0v) is 16.8. The van der Waals surface area contributed by atoms with Crippen molar-refractivity contribution in [3.05, 3.63) is 48.5 Å². The normalized spacial score (nSPS) is 12.1. The third-order valence-corrected chi connectivity index (χ3v) is 5.05. The molecule has 0 aromatic heterocycles. The summed E-state index contributed by atoms with van der Waals surface area (Å²) in [7, 11) is -0.705. The first-order valence-electron chi connectivity index (χ1n) is 8.52. The van der Waals surface area contributed by atoms with Gasteiger partial charge < -0.3 is 19.5 Å². The molecule has 2 N–H and O–H groups in total. The number of rotatable bonds is 10. The molecular weight excluding hydrogens is 384 g/mol. The molecule has 8 nitrogen and oxygen atoms in total. The van der Waals surface area contributed by atoms with Gasteiger partial charge in [0.15, 0.2) is 6.61 Å². The molecule has 2 aromatic rings. The molecule has 152 valence electrons. The van der Waals surface area contributed by atoms with Gasteiger partial charge >= 0.3 is 0 Å². The molecule has 0 saturated carbocycles. The Hall–Kier alpha value is -2.78. The minimum Gasteiger partial charge on any atom is -0.497 e. The van der Waals surface area contributed by atoms with Gasteiger partial charge in [-0.2, -0.15) is 0 Å². The summed E-state index contributed by atoms with van der Waals surface area (Å²) in [5.41, 5.74) is 0.390. The monoisotopic (exact) mass is 408 g/mol. The van der Waals surface area contributed by atoms with Crippen molar-refractivity contribution in [3.8, 4) is 11.5 Å². The highest BCUT2D eigenvalue weighted by Gasteiger charge is 2.15. The number of benzene rings is 2. The Morgan fingerprint density at radius 3 is 2.43 bits per heavy atom. The molecule has 0 aliphatic heterocycles. The summed E-state index contributed by atoms with van der Waals surface area (Å²) >= 11 is 0. The Morgan fingerprint density at radius 2 is 1.79 bits per heavy atom. The van der Waals surface area contributed by atoms with E-state index in [4.69, 9.17) is 14.2 Å². The molecule has 0 unspecified atom stereocenters. The van der Waals surface area contributed by atoms with Gasteiger partial charge in [0.25, 0.3) is 15.9 Å². The third kappa shape index (κ3) is 6.43. The molecule has 0 saturated heterocycles. The Morgan fingerprint density at radius 1 is 1.07 bits per heavy atom. The standard InChI is InChI=1S/C19H24N2O6S/c1-14(12-25-2)20-19(22)13-27-16-7-9-18(10-8-16)28(23,24)21-15-5-4-6-17(11-15)26-3/h4-11,14,21H,12-13H2,1-3H3,(H,20,22)/t14-/m0/s1. The Kier molecular flexibility index (Phi) is 7.65. The summed E-state index contributed by atoms with van der Waals surface area (Å²) in [5, 5.41) is 2.72. The maximum absolute atomic E-state index is 12.5. The molecule has 0 radical (unpaired) electrons. The van der Waals surface area contributed by atoms with Gasteiger partial charge in [-0.3, -0.25) is 9.52 Å². The highest BCUT2D eigenvalue weighted by Crippen LogP contribution is 2.22. The summed E-state index contributed by atoms with van der Waals surface area (Å²) in [5.74, 6) is 0.637. The van der Waals surface area contributed by atoms with Crippen LogP contribution in [0, 0.1) is 0 Å². The van der Waals surface area contributed by atoms with Crippen LogP contribution in [0.2, 0.25) is 0 Å². The van der Waals surface area contributed by atoms with Crippen LogP contribution in [0.25, 0.3) is 0 Å². The number of sulfonamides is 1. The Bertz CT molecular complexity index is 884. The van der Waals surface area contributed by atoms with Crippen LogP contribution in [0.4, 0.5) is 5.69 Å². The minimum atomic E-state index is -3.76. The SMILES string of the molecule is COC[C@H](C)NC(=O)COc1ccc(S(=O)(=O)Nc2cccc(OC)c2)cc1. The van der Waals surface area contributed by atoms with E-state index in [-0.39, 0.29) is 23.5 Å². The van der Waals surface area contributed by atoms with Crippen molar-refractivity contribution in [2.24, 2.45) is 0 Å². The first kappa shape index (κ1) is 21.5. The van der Waals surface area contributed by atoms with Crippen molar-refractivity contribution in [2.45, 2.75) is 17.9 Å². The fourth-order valence-corrected chi connectivity index (χ4v) is 3.42. The molecule has 0 bridgehead atoms. The van der Waals surface area contributed by atoms with Crippen LogP contribution in [-0.2, 0) is 19.6 Å². The van der Waals surface area contributed by atoms with Crippen molar-refractivity contribution >= 4 is 21.6 Å². The summed E-state index contributed by atoms with van der Waals surface area (Å²) < 4.78 is 42.9. The van der Waals surface area contributed by atoms with Crippen molar-refractivity contribution in [1.82, 2.24) is 5.32 Å². The van der Waals surface area contributed by atoms with E-state index in [1.54, 1.807) is 31.4 Å². The summed E-state index contributed by atoms with van der Waals surface area (Å²) in [6, 6.07) is 12.3. The first-order valence-corrected chi connectivity index (χ1v) is 10.0. The Balaban J connectivity index is 1.96. The molecule has 0 aliphatic carbocycles. The van der Waals surface area contributed by atoms with Gasteiger partial charge in [0, 0.05) is 19.2 Å². The number of anilines is 1. The van der Waals surface area contributed by atoms with E-state index in [9.17, 15) is 13.2 Å². The summed E-state index contributed by atoms with van der Waals surface area (Å²) in [4.78, 5) is 11.8. The maximum atomic E-state index is 12.5. The van der Waals surface area contributed by atoms with Gasteiger partial charge in [-0.1, -0.05) is 6.07 Å². The molecule has 2 aromatic carbocycles. The predicted molar refractivity (Wildman–Crippen MR) is 105 cm³/mol. The zero-order valence-electron chi connectivity index (χ0n) is 16.0. The van der Waals surface area contributed by atoms with Crippen molar-refractivity contribution in [1.29, 1.82) is 0 Å². The van der Waals surface area contributed by atoms with Crippen molar-refractivity contribution < 1.29 is 27.4 Å². The van der Waals surface area contributed by atoms with Gasteiger partial charge in [0.2, 0.25) is 0 Å². The highest BCUT2D eigenvalue weighted by molar-refractivity contribution is 7.92. The Labute approximate surface area is 164 Å². The lowest BCUT2D eigenvalue weighted by atomic mass is 10.3. The summed E-state index contributed by atoms with van der Waals surface area (Å²) in [6.07, 6.45) is 0. The molecule has 0 spiro atoms. The van der Waals surface area contributed by atoms with E-state index in [0.717, 1.165) is 0 Å². The number of hydrogen-bond acceptors (Lipinski definition) is 6. The maximum Gasteiger partial charge on any atom is 0.261 e. The van der Waals surface area contributed by atoms with E-state index in [2.05, 4.69) is 10.0 Å². The quantitative estimate of drug-likeness (QED) is 0.624. The largest absolute Gasteiger partial charge is 0.497 e. The van der Waals surface area contributed by atoms with Gasteiger partial charge in [-0.25, -0.2) is 8.42 Å². The van der Waals surface area contributed by atoms with E-state index >= 15 is 0 Å². The van der Waals surface area contributed by atoms with Crippen LogP contribution in [0.5, 0.6) is 11.5 Å². The van der Waals surface area contributed by atoms with Gasteiger partial charge in [0.05, 0.1) is 24.3 Å². The number of carbonyl (C=O) groups excluding carboxylic acids is 1. The van der Waals surface area contributed by atoms with E-state index in [0.29, 0.717) is 23.8 Å². The smallest absolute Gasteiger partial charge is 0.261 e.